The molecule has 1 aromatic carbocycles. The minimum Gasteiger partial charge on any atom is -0.399 e. The molecule has 0 saturated carbocycles. The molecule has 0 aliphatic carbocycles. The minimum absolute atomic E-state index is 0.846. The van der Waals surface area contributed by atoms with Gasteiger partial charge in [0.25, 0.3) is 0 Å². The molecule has 0 radical (unpaired) electrons. The summed E-state index contributed by atoms with van der Waals surface area (Å²) >= 11 is 0. The zero-order chi connectivity index (χ0) is 15.1. The maximum absolute atomic E-state index is 5.76. The van der Waals surface area contributed by atoms with E-state index in [0.29, 0.717) is 0 Å². The first kappa shape index (κ1) is 16.3. The number of likely N-dealkylation sites (N-methyl/N-ethyl adjacent to an activating group) is 1. The molecule has 2 N–H and O–H groups in total. The second-order valence-electron chi connectivity index (χ2n) is 6.16. The molecule has 1 fully saturated rings. The van der Waals surface area contributed by atoms with Gasteiger partial charge in [-0.2, -0.15) is 0 Å². The van der Waals surface area contributed by atoms with Crippen molar-refractivity contribution in [3.63, 3.8) is 0 Å². The predicted molar refractivity (Wildman–Crippen MR) is 90.4 cm³/mol. The number of anilines is 1. The molecule has 1 aliphatic rings. The zero-order valence-electron chi connectivity index (χ0n) is 13.6. The van der Waals surface area contributed by atoms with E-state index in [0.717, 1.165) is 25.3 Å². The molecule has 1 saturated heterocycles. The maximum atomic E-state index is 5.76. The summed E-state index contributed by atoms with van der Waals surface area (Å²) in [5, 5.41) is 0. The molecular weight excluding hydrogens is 260 g/mol. The van der Waals surface area contributed by atoms with E-state index in [1.807, 2.05) is 12.1 Å². The number of piperazine rings is 1. The summed E-state index contributed by atoms with van der Waals surface area (Å²) in [6.07, 6.45) is 1.21. The van der Waals surface area contributed by atoms with Gasteiger partial charge >= 0.3 is 0 Å². The Bertz CT molecular complexity index is 396. The third kappa shape index (κ3) is 5.65. The Morgan fingerprint density at radius 1 is 1.05 bits per heavy atom. The van der Waals surface area contributed by atoms with E-state index in [9.17, 15) is 0 Å². The van der Waals surface area contributed by atoms with Crippen LogP contribution in [-0.4, -0.2) is 67.6 Å². The van der Waals surface area contributed by atoms with Crippen molar-refractivity contribution in [1.82, 2.24) is 14.7 Å². The topological polar surface area (TPSA) is 35.7 Å². The maximum Gasteiger partial charge on any atom is 0.0314 e. The Morgan fingerprint density at radius 3 is 2.33 bits per heavy atom. The van der Waals surface area contributed by atoms with Crippen molar-refractivity contribution in [2.24, 2.45) is 0 Å². The third-order valence-electron chi connectivity index (χ3n) is 4.25. The van der Waals surface area contributed by atoms with Gasteiger partial charge in [-0.05, 0) is 37.7 Å². The van der Waals surface area contributed by atoms with Crippen LogP contribution in [0, 0.1) is 0 Å². The van der Waals surface area contributed by atoms with E-state index in [1.165, 1.54) is 44.7 Å². The van der Waals surface area contributed by atoms with Gasteiger partial charge in [-0.15, -0.1) is 0 Å². The Labute approximate surface area is 129 Å². The van der Waals surface area contributed by atoms with Crippen LogP contribution in [0.15, 0.2) is 24.3 Å². The summed E-state index contributed by atoms with van der Waals surface area (Å²) in [6.45, 7) is 11.6. The highest BCUT2D eigenvalue weighted by molar-refractivity contribution is 5.39. The van der Waals surface area contributed by atoms with Crippen LogP contribution in [0.25, 0.3) is 0 Å². The van der Waals surface area contributed by atoms with Crippen molar-refractivity contribution in [3.8, 4) is 0 Å². The smallest absolute Gasteiger partial charge is 0.0314 e. The Balaban J connectivity index is 1.79. The molecule has 1 heterocycles. The average Bonchev–Trinajstić information content (AvgIpc) is 2.49. The molecule has 0 atom stereocenters. The second kappa shape index (κ2) is 8.37. The summed E-state index contributed by atoms with van der Waals surface area (Å²) in [5.41, 5.74) is 7.96. The Kier molecular flexibility index (Phi) is 6.49. The van der Waals surface area contributed by atoms with Crippen LogP contribution >= 0.6 is 0 Å². The normalized spacial score (nSPS) is 17.5. The predicted octanol–water partition coefficient (Wildman–Crippen LogP) is 1.73. The first-order valence-corrected chi connectivity index (χ1v) is 8.15. The quantitative estimate of drug-likeness (QED) is 0.776. The summed E-state index contributed by atoms with van der Waals surface area (Å²) in [6, 6.07) is 8.29. The highest BCUT2D eigenvalue weighted by atomic mass is 15.3. The van der Waals surface area contributed by atoms with Crippen LogP contribution in [0.1, 0.15) is 18.9 Å². The molecule has 4 nitrogen and oxygen atoms in total. The van der Waals surface area contributed by atoms with Crippen molar-refractivity contribution in [2.45, 2.75) is 19.9 Å². The van der Waals surface area contributed by atoms with Crippen LogP contribution in [0.4, 0.5) is 5.69 Å². The van der Waals surface area contributed by atoms with Crippen molar-refractivity contribution in [3.05, 3.63) is 29.8 Å². The fourth-order valence-electron chi connectivity index (χ4n) is 2.82. The molecule has 0 bridgehead atoms. The van der Waals surface area contributed by atoms with Gasteiger partial charge in [0, 0.05) is 51.5 Å². The lowest BCUT2D eigenvalue weighted by Gasteiger charge is -2.34. The summed E-state index contributed by atoms with van der Waals surface area (Å²) in [7, 11) is 2.21. The number of hydrogen-bond acceptors (Lipinski definition) is 4. The van der Waals surface area contributed by atoms with E-state index in [2.05, 4.69) is 40.8 Å². The van der Waals surface area contributed by atoms with Gasteiger partial charge in [0.15, 0.2) is 0 Å². The van der Waals surface area contributed by atoms with E-state index in [1.54, 1.807) is 0 Å². The van der Waals surface area contributed by atoms with E-state index < -0.39 is 0 Å². The summed E-state index contributed by atoms with van der Waals surface area (Å²) in [5.74, 6) is 0. The summed E-state index contributed by atoms with van der Waals surface area (Å²) < 4.78 is 0. The lowest BCUT2D eigenvalue weighted by Crippen LogP contribution is -2.47. The van der Waals surface area contributed by atoms with E-state index in [-0.39, 0.29) is 0 Å². The largest absolute Gasteiger partial charge is 0.399 e. The third-order valence-corrected chi connectivity index (χ3v) is 4.25. The Morgan fingerprint density at radius 2 is 1.71 bits per heavy atom. The van der Waals surface area contributed by atoms with Gasteiger partial charge in [-0.3, -0.25) is 9.80 Å². The monoisotopic (exact) mass is 290 g/mol. The molecule has 1 aromatic rings. The van der Waals surface area contributed by atoms with E-state index in [4.69, 9.17) is 5.73 Å². The number of hydrogen-bond donors (Lipinski definition) is 1. The number of benzene rings is 1. The zero-order valence-corrected chi connectivity index (χ0v) is 13.6. The van der Waals surface area contributed by atoms with Gasteiger partial charge < -0.3 is 10.6 Å². The number of nitrogens with zero attached hydrogens (tertiary/aromatic N) is 3. The Hall–Kier alpha value is -1.10. The van der Waals surface area contributed by atoms with Crippen molar-refractivity contribution >= 4 is 5.69 Å². The van der Waals surface area contributed by atoms with Crippen molar-refractivity contribution in [2.75, 3.05) is 58.6 Å². The second-order valence-corrected chi connectivity index (χ2v) is 6.16. The molecule has 0 aromatic heterocycles. The highest BCUT2D eigenvalue weighted by Crippen LogP contribution is 2.09. The molecule has 0 unspecified atom stereocenters. The highest BCUT2D eigenvalue weighted by Gasteiger charge is 2.14. The fourth-order valence-corrected chi connectivity index (χ4v) is 2.82. The van der Waals surface area contributed by atoms with Crippen molar-refractivity contribution in [1.29, 1.82) is 0 Å². The lowest BCUT2D eigenvalue weighted by atomic mass is 10.2. The van der Waals surface area contributed by atoms with Crippen molar-refractivity contribution < 1.29 is 0 Å². The van der Waals surface area contributed by atoms with Crippen LogP contribution < -0.4 is 5.73 Å². The first-order valence-electron chi connectivity index (χ1n) is 8.15. The lowest BCUT2D eigenvalue weighted by molar-refractivity contribution is 0.133. The fraction of sp³-hybridized carbons (Fsp3) is 0.647. The first-order chi connectivity index (χ1) is 10.2. The van der Waals surface area contributed by atoms with Crippen LogP contribution in [0.5, 0.6) is 0 Å². The molecule has 0 spiro atoms. The van der Waals surface area contributed by atoms with Gasteiger partial charge in [0.05, 0.1) is 0 Å². The van der Waals surface area contributed by atoms with Crippen LogP contribution in [0.2, 0.25) is 0 Å². The van der Waals surface area contributed by atoms with Gasteiger partial charge in [-0.1, -0.05) is 19.1 Å². The van der Waals surface area contributed by atoms with Gasteiger partial charge in [-0.25, -0.2) is 0 Å². The number of rotatable bonds is 7. The molecule has 1 aliphatic heterocycles. The number of nitrogens with two attached hydrogens (primary N) is 1. The molecule has 118 valence electrons. The average molecular weight is 290 g/mol. The summed E-state index contributed by atoms with van der Waals surface area (Å²) in [4.78, 5) is 7.56. The van der Waals surface area contributed by atoms with Gasteiger partial charge in [0.1, 0.15) is 0 Å². The number of nitrogen functional groups attached to an aromatic ring is 1. The van der Waals surface area contributed by atoms with Crippen LogP contribution in [-0.2, 0) is 6.54 Å². The van der Waals surface area contributed by atoms with Crippen LogP contribution in [0.3, 0.4) is 0 Å². The SMILES string of the molecule is CCCN(CCN1CCN(C)CC1)Cc1ccc(N)cc1. The molecule has 21 heavy (non-hydrogen) atoms. The molecule has 2 rings (SSSR count). The minimum atomic E-state index is 0.846. The van der Waals surface area contributed by atoms with E-state index >= 15 is 0 Å². The molecule has 0 amide bonds. The van der Waals surface area contributed by atoms with Gasteiger partial charge in [0.2, 0.25) is 0 Å². The molecule has 4 heteroatoms. The molecular formula is C17H30N4. The standard InChI is InChI=1S/C17H30N4/c1-3-8-21(15-16-4-6-17(18)7-5-16)14-13-20-11-9-19(2)10-12-20/h4-7H,3,8-15,18H2,1-2H3.